The average molecular weight is 365 g/mol. The van der Waals surface area contributed by atoms with E-state index in [0.717, 1.165) is 10.9 Å². The third-order valence-corrected chi connectivity index (χ3v) is 3.99. The number of aromatic nitrogens is 1. The summed E-state index contributed by atoms with van der Waals surface area (Å²) in [5, 5.41) is 0. The number of amides is 1. The highest BCUT2D eigenvalue weighted by Gasteiger charge is 2.29. The van der Waals surface area contributed by atoms with Crippen LogP contribution in [0.1, 0.15) is 16.8 Å². The summed E-state index contributed by atoms with van der Waals surface area (Å²) in [6, 6.07) is 6.37. The van der Waals surface area contributed by atoms with Gasteiger partial charge in [0.1, 0.15) is 12.4 Å². The van der Waals surface area contributed by atoms with Crippen LogP contribution >= 0.6 is 15.9 Å². The van der Waals surface area contributed by atoms with Gasteiger partial charge in [0.15, 0.2) is 0 Å². The van der Waals surface area contributed by atoms with E-state index in [0.29, 0.717) is 24.5 Å². The molecule has 0 bridgehead atoms. The van der Waals surface area contributed by atoms with E-state index in [1.54, 1.807) is 11.1 Å². The Balaban J connectivity index is 1.65. The topological polar surface area (TPSA) is 72.6 Å². The van der Waals surface area contributed by atoms with E-state index in [1.165, 1.54) is 18.4 Å². The molecule has 22 heavy (non-hydrogen) atoms. The fourth-order valence-electron chi connectivity index (χ4n) is 2.29. The van der Waals surface area contributed by atoms with E-state index < -0.39 is 5.63 Å². The molecule has 1 saturated heterocycles. The van der Waals surface area contributed by atoms with Crippen LogP contribution in [0.5, 0.6) is 5.88 Å². The van der Waals surface area contributed by atoms with Gasteiger partial charge in [0.2, 0.25) is 5.88 Å². The van der Waals surface area contributed by atoms with Crippen molar-refractivity contribution in [1.29, 1.82) is 0 Å². The summed E-state index contributed by atoms with van der Waals surface area (Å²) in [6.45, 7) is 1.06. The van der Waals surface area contributed by atoms with Gasteiger partial charge in [-0.3, -0.25) is 4.79 Å². The second-order valence-corrected chi connectivity index (χ2v) is 5.77. The maximum Gasteiger partial charge on any atom is 0.335 e. The Morgan fingerprint density at radius 2 is 2.27 bits per heavy atom. The number of ether oxygens (including phenoxy) is 1. The smallest absolute Gasteiger partial charge is 0.335 e. The molecule has 0 aliphatic carbocycles. The first-order valence-electron chi connectivity index (χ1n) is 6.79. The molecule has 2 aromatic rings. The number of nitrogens with zero attached hydrogens (tertiary/aromatic N) is 2. The molecular formula is C15H13BrN2O4. The molecule has 2 aromatic heterocycles. The fraction of sp³-hybridized carbons (Fsp3) is 0.267. The highest BCUT2D eigenvalue weighted by Crippen LogP contribution is 2.24. The van der Waals surface area contributed by atoms with E-state index >= 15 is 0 Å². The molecular weight excluding hydrogens is 352 g/mol. The lowest BCUT2D eigenvalue weighted by atomic mass is 10.2. The molecule has 3 heterocycles. The van der Waals surface area contributed by atoms with Crippen molar-refractivity contribution in [1.82, 2.24) is 9.88 Å². The average Bonchev–Trinajstić information content (AvgIpc) is 2.98. The number of carbonyl (C=O) groups excluding carboxylic acids is 1. The molecule has 0 N–H and O–H groups in total. The number of hydrogen-bond donors (Lipinski definition) is 0. The Labute approximate surface area is 134 Å². The second-order valence-electron chi connectivity index (χ2n) is 4.91. The zero-order chi connectivity index (χ0) is 15.5. The van der Waals surface area contributed by atoms with Crippen LogP contribution in [0.15, 0.2) is 50.4 Å². The fourth-order valence-corrected chi connectivity index (χ4v) is 2.64. The summed E-state index contributed by atoms with van der Waals surface area (Å²) >= 11 is 3.38. The molecule has 0 aromatic carbocycles. The van der Waals surface area contributed by atoms with Gasteiger partial charge in [-0.1, -0.05) is 0 Å². The van der Waals surface area contributed by atoms with Crippen LogP contribution in [-0.2, 0) is 0 Å². The molecule has 114 valence electrons. The van der Waals surface area contributed by atoms with Gasteiger partial charge in [-0.05, 0) is 34.1 Å². The lowest BCUT2D eigenvalue weighted by molar-refractivity contribution is 0.0768. The van der Waals surface area contributed by atoms with Crippen LogP contribution < -0.4 is 10.4 Å². The first-order valence-corrected chi connectivity index (χ1v) is 7.58. The summed E-state index contributed by atoms with van der Waals surface area (Å²) in [4.78, 5) is 29.1. The summed E-state index contributed by atoms with van der Waals surface area (Å²) < 4.78 is 11.3. The van der Waals surface area contributed by atoms with E-state index in [-0.39, 0.29) is 12.0 Å². The van der Waals surface area contributed by atoms with E-state index in [4.69, 9.17) is 9.15 Å². The van der Waals surface area contributed by atoms with Crippen LogP contribution in [0.3, 0.4) is 0 Å². The second kappa shape index (κ2) is 6.31. The molecule has 6 nitrogen and oxygen atoms in total. The molecule has 1 fully saturated rings. The van der Waals surface area contributed by atoms with Gasteiger partial charge in [0.05, 0.1) is 16.6 Å². The third-order valence-electron chi connectivity index (χ3n) is 3.38. The molecule has 1 aliphatic heterocycles. The molecule has 0 saturated carbocycles. The normalized spacial score (nSPS) is 17.5. The Bertz CT molecular complexity index is 726. The molecule has 0 spiro atoms. The minimum absolute atomic E-state index is 0.106. The van der Waals surface area contributed by atoms with Crippen molar-refractivity contribution in [3.8, 4) is 5.88 Å². The number of carbonyl (C=O) groups is 1. The SMILES string of the molecule is O=C(c1ccc(=O)oc1)N1CCC(Oc2ncccc2Br)C1. The summed E-state index contributed by atoms with van der Waals surface area (Å²) in [7, 11) is 0. The van der Waals surface area contributed by atoms with Crippen molar-refractivity contribution in [3.63, 3.8) is 0 Å². The highest BCUT2D eigenvalue weighted by molar-refractivity contribution is 9.10. The van der Waals surface area contributed by atoms with Gasteiger partial charge in [-0.25, -0.2) is 9.78 Å². The van der Waals surface area contributed by atoms with Crippen LogP contribution in [0.4, 0.5) is 0 Å². The zero-order valence-electron chi connectivity index (χ0n) is 11.6. The maximum absolute atomic E-state index is 12.3. The first kappa shape index (κ1) is 14.8. The highest BCUT2D eigenvalue weighted by atomic mass is 79.9. The van der Waals surface area contributed by atoms with Gasteiger partial charge in [-0.15, -0.1) is 0 Å². The van der Waals surface area contributed by atoms with E-state index in [2.05, 4.69) is 20.9 Å². The third kappa shape index (κ3) is 3.19. The van der Waals surface area contributed by atoms with Crippen LogP contribution in [0.2, 0.25) is 0 Å². The van der Waals surface area contributed by atoms with Gasteiger partial charge in [0, 0.05) is 25.2 Å². The molecule has 1 amide bonds. The van der Waals surface area contributed by atoms with Crippen molar-refractivity contribution in [2.45, 2.75) is 12.5 Å². The van der Waals surface area contributed by atoms with Crippen molar-refractivity contribution in [2.24, 2.45) is 0 Å². The minimum Gasteiger partial charge on any atom is -0.472 e. The molecule has 1 atom stereocenters. The number of hydrogen-bond acceptors (Lipinski definition) is 5. The number of pyridine rings is 1. The summed E-state index contributed by atoms with van der Waals surface area (Å²) in [5.41, 5.74) is -0.113. The van der Waals surface area contributed by atoms with Crippen LogP contribution in [0.25, 0.3) is 0 Å². The number of likely N-dealkylation sites (tertiary alicyclic amines) is 1. The van der Waals surface area contributed by atoms with Crippen molar-refractivity contribution in [3.05, 3.63) is 57.2 Å². The van der Waals surface area contributed by atoms with Crippen molar-refractivity contribution >= 4 is 21.8 Å². The molecule has 0 radical (unpaired) electrons. The largest absolute Gasteiger partial charge is 0.472 e. The van der Waals surface area contributed by atoms with E-state index in [1.807, 2.05) is 12.1 Å². The predicted molar refractivity (Wildman–Crippen MR) is 81.9 cm³/mol. The Hall–Kier alpha value is -2.15. The lowest BCUT2D eigenvalue weighted by Crippen LogP contribution is -2.31. The van der Waals surface area contributed by atoms with Gasteiger partial charge < -0.3 is 14.1 Å². The monoisotopic (exact) mass is 364 g/mol. The molecule has 7 heteroatoms. The summed E-state index contributed by atoms with van der Waals surface area (Å²) in [6.07, 6.45) is 3.47. The van der Waals surface area contributed by atoms with Gasteiger partial charge in [-0.2, -0.15) is 0 Å². The number of halogens is 1. The minimum atomic E-state index is -0.473. The quantitative estimate of drug-likeness (QED) is 0.833. The van der Waals surface area contributed by atoms with Gasteiger partial charge >= 0.3 is 5.63 Å². The Kier molecular flexibility index (Phi) is 4.24. The first-order chi connectivity index (χ1) is 10.6. The van der Waals surface area contributed by atoms with Crippen molar-refractivity contribution < 1.29 is 13.9 Å². The zero-order valence-corrected chi connectivity index (χ0v) is 13.2. The molecule has 1 unspecified atom stereocenters. The predicted octanol–water partition coefficient (Wildman–Crippen LogP) is 2.09. The molecule has 1 aliphatic rings. The number of rotatable bonds is 3. The van der Waals surface area contributed by atoms with Gasteiger partial charge in [0.25, 0.3) is 5.91 Å². The molecule has 3 rings (SSSR count). The van der Waals surface area contributed by atoms with E-state index in [9.17, 15) is 9.59 Å². The van der Waals surface area contributed by atoms with Crippen LogP contribution in [-0.4, -0.2) is 35.0 Å². The maximum atomic E-state index is 12.3. The van der Waals surface area contributed by atoms with Crippen LogP contribution in [0, 0.1) is 0 Å². The lowest BCUT2D eigenvalue weighted by Gasteiger charge is -2.17. The Morgan fingerprint density at radius 1 is 1.41 bits per heavy atom. The Morgan fingerprint density at radius 3 is 3.00 bits per heavy atom. The van der Waals surface area contributed by atoms with Crippen molar-refractivity contribution in [2.75, 3.05) is 13.1 Å². The summed E-state index contributed by atoms with van der Waals surface area (Å²) in [5.74, 6) is 0.349. The standard InChI is InChI=1S/C15H13BrN2O4/c16-12-2-1-6-17-14(12)22-11-5-7-18(8-11)15(20)10-3-4-13(19)21-9-10/h1-4,6,9,11H,5,7-8H2.